The van der Waals surface area contributed by atoms with Crippen molar-refractivity contribution in [1.29, 1.82) is 0 Å². The number of aliphatic imine (C=N–C) groups is 1. The summed E-state index contributed by atoms with van der Waals surface area (Å²) in [6.45, 7) is 4.44. The number of nitrogens with two attached hydrogens (primary N) is 1. The summed E-state index contributed by atoms with van der Waals surface area (Å²) in [5.74, 6) is 1.26. The molecule has 5 nitrogen and oxygen atoms in total. The van der Waals surface area contributed by atoms with E-state index >= 15 is 0 Å². The SMILES string of the molecule is CC1CCN(C(N)=NCC2(S(C)(=O)=O)CCC2)CC1.I. The zero-order chi connectivity index (χ0) is 14.1. The molecule has 1 saturated heterocycles. The molecule has 1 saturated carbocycles. The largest absolute Gasteiger partial charge is 0.370 e. The van der Waals surface area contributed by atoms with Gasteiger partial charge in [0.05, 0.1) is 11.3 Å². The number of nitrogens with zero attached hydrogens (tertiary/aromatic N) is 2. The third-order valence-electron chi connectivity index (χ3n) is 4.69. The molecule has 0 unspecified atom stereocenters. The van der Waals surface area contributed by atoms with Gasteiger partial charge in [-0.15, -0.1) is 24.0 Å². The van der Waals surface area contributed by atoms with Gasteiger partial charge in [0.15, 0.2) is 15.8 Å². The molecule has 2 aliphatic rings. The molecule has 0 aromatic heterocycles. The first-order valence-corrected chi connectivity index (χ1v) is 8.98. The number of sulfone groups is 1. The summed E-state index contributed by atoms with van der Waals surface area (Å²) < 4.78 is 23.0. The minimum absolute atomic E-state index is 0. The third kappa shape index (κ3) is 3.78. The van der Waals surface area contributed by atoms with E-state index in [9.17, 15) is 8.42 Å². The van der Waals surface area contributed by atoms with Crippen molar-refractivity contribution >= 4 is 39.8 Å². The standard InChI is InChI=1S/C13H25N3O2S.HI/c1-11-4-8-16(9-5-11)12(14)15-10-13(6-3-7-13)19(2,17)18;/h11H,3-10H2,1-2H3,(H2,14,15);1H. The molecule has 0 aromatic carbocycles. The average Bonchev–Trinajstić information content (AvgIpc) is 2.26. The first-order valence-electron chi connectivity index (χ1n) is 7.08. The van der Waals surface area contributed by atoms with Crippen LogP contribution < -0.4 is 5.73 Å². The van der Waals surface area contributed by atoms with Crippen molar-refractivity contribution in [2.24, 2.45) is 16.6 Å². The van der Waals surface area contributed by atoms with Crippen LogP contribution in [0.15, 0.2) is 4.99 Å². The summed E-state index contributed by atoms with van der Waals surface area (Å²) in [5.41, 5.74) is 6.00. The first-order chi connectivity index (χ1) is 8.84. The monoisotopic (exact) mass is 415 g/mol. The van der Waals surface area contributed by atoms with E-state index in [1.54, 1.807) is 0 Å². The lowest BCUT2D eigenvalue weighted by atomic mass is 9.84. The summed E-state index contributed by atoms with van der Waals surface area (Å²) in [5, 5.41) is 0. The predicted molar refractivity (Wildman–Crippen MR) is 93.3 cm³/mol. The summed E-state index contributed by atoms with van der Waals surface area (Å²) in [7, 11) is -3.04. The summed E-state index contributed by atoms with van der Waals surface area (Å²) in [4.78, 5) is 6.45. The molecule has 0 atom stereocenters. The van der Waals surface area contributed by atoms with Gasteiger partial charge in [-0.05, 0) is 31.6 Å². The number of hydrogen-bond donors (Lipinski definition) is 1. The summed E-state index contributed by atoms with van der Waals surface area (Å²) in [6.07, 6.45) is 6.00. The molecule has 0 aromatic rings. The van der Waals surface area contributed by atoms with Gasteiger partial charge in [0.2, 0.25) is 0 Å². The average molecular weight is 415 g/mol. The van der Waals surface area contributed by atoms with Gasteiger partial charge in [-0.3, -0.25) is 4.99 Å². The molecule has 118 valence electrons. The van der Waals surface area contributed by atoms with Gasteiger partial charge < -0.3 is 10.6 Å². The highest BCUT2D eigenvalue weighted by molar-refractivity contribution is 14.0. The molecule has 0 spiro atoms. The van der Waals surface area contributed by atoms with E-state index in [1.165, 1.54) is 6.26 Å². The van der Waals surface area contributed by atoms with Crippen LogP contribution in [-0.4, -0.2) is 49.9 Å². The summed E-state index contributed by atoms with van der Waals surface area (Å²) in [6, 6.07) is 0. The molecular formula is C13H26IN3O2S. The van der Waals surface area contributed by atoms with E-state index in [-0.39, 0.29) is 24.0 Å². The normalized spacial score (nSPS) is 23.9. The second kappa shape index (κ2) is 6.81. The Kier molecular flexibility index (Phi) is 6.13. The Balaban J connectivity index is 0.00000200. The maximum absolute atomic E-state index is 11.8. The Hall–Kier alpha value is -0.0500. The number of piperidine rings is 1. The molecule has 1 heterocycles. The molecule has 1 aliphatic carbocycles. The number of rotatable bonds is 3. The zero-order valence-electron chi connectivity index (χ0n) is 12.3. The second-order valence-electron chi connectivity index (χ2n) is 6.15. The third-order valence-corrected chi connectivity index (χ3v) is 6.80. The quantitative estimate of drug-likeness (QED) is 0.432. The number of likely N-dealkylation sites (tertiary alicyclic amines) is 1. The maximum Gasteiger partial charge on any atom is 0.191 e. The molecule has 20 heavy (non-hydrogen) atoms. The van der Waals surface area contributed by atoms with Crippen LogP contribution in [0, 0.1) is 5.92 Å². The van der Waals surface area contributed by atoms with E-state index in [2.05, 4.69) is 16.8 Å². The van der Waals surface area contributed by atoms with Gasteiger partial charge in [-0.2, -0.15) is 0 Å². The molecule has 0 radical (unpaired) electrons. The van der Waals surface area contributed by atoms with E-state index in [0.29, 0.717) is 12.5 Å². The fourth-order valence-corrected chi connectivity index (χ4v) is 4.11. The predicted octanol–water partition coefficient (Wildman–Crippen LogP) is 1.62. The van der Waals surface area contributed by atoms with Gasteiger partial charge in [-0.25, -0.2) is 8.42 Å². The van der Waals surface area contributed by atoms with Crippen LogP contribution in [0.2, 0.25) is 0 Å². The molecule has 0 bridgehead atoms. The van der Waals surface area contributed by atoms with Gasteiger partial charge >= 0.3 is 0 Å². The molecule has 0 amide bonds. The molecule has 7 heteroatoms. The molecule has 2 fully saturated rings. The molecule has 1 aliphatic heterocycles. The van der Waals surface area contributed by atoms with Crippen molar-refractivity contribution in [1.82, 2.24) is 4.90 Å². The van der Waals surface area contributed by atoms with Crippen LogP contribution in [0.25, 0.3) is 0 Å². The Labute approximate surface area is 139 Å². The molecule has 2 N–H and O–H groups in total. The van der Waals surface area contributed by atoms with Crippen LogP contribution in [0.1, 0.15) is 39.0 Å². The van der Waals surface area contributed by atoms with E-state index < -0.39 is 14.6 Å². The maximum atomic E-state index is 11.8. The lowest BCUT2D eigenvalue weighted by molar-refractivity contribution is 0.276. The van der Waals surface area contributed by atoms with E-state index in [0.717, 1.165) is 51.1 Å². The first kappa shape index (κ1) is 18.0. The van der Waals surface area contributed by atoms with E-state index in [1.807, 2.05) is 0 Å². The van der Waals surface area contributed by atoms with Crippen LogP contribution >= 0.6 is 24.0 Å². The van der Waals surface area contributed by atoms with Crippen molar-refractivity contribution in [3.63, 3.8) is 0 Å². The van der Waals surface area contributed by atoms with Gasteiger partial charge in [0.25, 0.3) is 0 Å². The van der Waals surface area contributed by atoms with Crippen molar-refractivity contribution in [2.45, 2.75) is 43.8 Å². The minimum Gasteiger partial charge on any atom is -0.370 e. The molecule has 2 rings (SSSR count). The van der Waals surface area contributed by atoms with Gasteiger partial charge in [0.1, 0.15) is 0 Å². The Morgan fingerprint density at radius 1 is 1.35 bits per heavy atom. The Bertz CT molecular complexity index is 452. The van der Waals surface area contributed by atoms with Crippen molar-refractivity contribution in [3.05, 3.63) is 0 Å². The highest BCUT2D eigenvalue weighted by Crippen LogP contribution is 2.39. The molecular weight excluding hydrogens is 389 g/mol. The van der Waals surface area contributed by atoms with Crippen LogP contribution in [0.3, 0.4) is 0 Å². The highest BCUT2D eigenvalue weighted by Gasteiger charge is 2.46. The lowest BCUT2D eigenvalue weighted by Gasteiger charge is -2.39. The number of hydrogen-bond acceptors (Lipinski definition) is 3. The number of guanidine groups is 1. The van der Waals surface area contributed by atoms with Crippen molar-refractivity contribution in [2.75, 3.05) is 25.9 Å². The fraction of sp³-hybridized carbons (Fsp3) is 0.923. The van der Waals surface area contributed by atoms with Crippen LogP contribution in [0.4, 0.5) is 0 Å². The van der Waals surface area contributed by atoms with Crippen molar-refractivity contribution in [3.8, 4) is 0 Å². The van der Waals surface area contributed by atoms with Gasteiger partial charge in [0, 0.05) is 19.3 Å². The minimum atomic E-state index is -3.04. The van der Waals surface area contributed by atoms with Gasteiger partial charge in [-0.1, -0.05) is 13.3 Å². The van der Waals surface area contributed by atoms with Crippen molar-refractivity contribution < 1.29 is 8.42 Å². The van der Waals surface area contributed by atoms with Crippen LogP contribution in [0.5, 0.6) is 0 Å². The lowest BCUT2D eigenvalue weighted by Crippen LogP contribution is -2.49. The smallest absolute Gasteiger partial charge is 0.191 e. The second-order valence-corrected chi connectivity index (χ2v) is 8.56. The fourth-order valence-electron chi connectivity index (χ4n) is 2.78. The van der Waals surface area contributed by atoms with Crippen LogP contribution in [-0.2, 0) is 9.84 Å². The topological polar surface area (TPSA) is 75.8 Å². The Morgan fingerprint density at radius 3 is 2.30 bits per heavy atom. The van der Waals surface area contributed by atoms with E-state index in [4.69, 9.17) is 5.73 Å². The highest BCUT2D eigenvalue weighted by atomic mass is 127. The number of halogens is 1. The zero-order valence-corrected chi connectivity index (χ0v) is 15.5. The Morgan fingerprint density at radius 2 is 1.90 bits per heavy atom. The summed E-state index contributed by atoms with van der Waals surface area (Å²) >= 11 is 0.